The molecule has 106 valence electrons. The van der Waals surface area contributed by atoms with Crippen LogP contribution in [0.5, 0.6) is 11.5 Å². The van der Waals surface area contributed by atoms with E-state index in [9.17, 15) is 4.79 Å². The van der Waals surface area contributed by atoms with Crippen molar-refractivity contribution in [2.45, 2.75) is 20.1 Å². The van der Waals surface area contributed by atoms with Crippen LogP contribution in [0.2, 0.25) is 0 Å². The number of hydrogen-bond acceptors (Lipinski definition) is 5. The summed E-state index contributed by atoms with van der Waals surface area (Å²) in [5.74, 6) is 0.905. The fraction of sp³-hybridized carbons (Fsp3) is 0.500. The number of carbonyl (C=O) groups is 1. The molecule has 0 amide bonds. The maximum Gasteiger partial charge on any atom is 0.222 e. The summed E-state index contributed by atoms with van der Waals surface area (Å²) in [6.07, 6.45) is -0.910. The molecule has 0 aliphatic heterocycles. The Morgan fingerprint density at radius 2 is 1.63 bits per heavy atom. The van der Waals surface area contributed by atoms with Gasteiger partial charge in [-0.05, 0) is 32.0 Å². The van der Waals surface area contributed by atoms with Crippen LogP contribution in [0.25, 0.3) is 0 Å². The van der Waals surface area contributed by atoms with Crippen molar-refractivity contribution in [2.24, 2.45) is 0 Å². The molecule has 5 nitrogen and oxygen atoms in total. The van der Waals surface area contributed by atoms with Gasteiger partial charge in [-0.3, -0.25) is 4.79 Å². The first-order valence-corrected chi connectivity index (χ1v) is 6.17. The summed E-state index contributed by atoms with van der Waals surface area (Å²) in [5.41, 5.74) is 0.459. The van der Waals surface area contributed by atoms with Crippen LogP contribution in [0.15, 0.2) is 18.2 Å². The molecule has 0 atom stereocenters. The Balaban J connectivity index is 3.03. The molecule has 0 aliphatic carbocycles. The van der Waals surface area contributed by atoms with Gasteiger partial charge in [0.05, 0.1) is 13.2 Å². The third-order valence-electron chi connectivity index (χ3n) is 2.47. The lowest BCUT2D eigenvalue weighted by Gasteiger charge is -2.15. The van der Waals surface area contributed by atoms with Crippen LogP contribution in [0.1, 0.15) is 24.2 Å². The molecule has 0 unspecified atom stereocenters. The van der Waals surface area contributed by atoms with E-state index in [0.29, 0.717) is 30.3 Å². The second-order valence-electron chi connectivity index (χ2n) is 3.70. The van der Waals surface area contributed by atoms with Gasteiger partial charge in [-0.15, -0.1) is 0 Å². The molecule has 1 rings (SSSR count). The third-order valence-corrected chi connectivity index (χ3v) is 2.47. The topological polar surface area (TPSA) is 54.0 Å². The summed E-state index contributed by atoms with van der Waals surface area (Å²) >= 11 is 0. The molecule has 0 fully saturated rings. The van der Waals surface area contributed by atoms with Crippen LogP contribution in [0.3, 0.4) is 0 Å². The predicted octanol–water partition coefficient (Wildman–Crippen LogP) is 2.29. The fourth-order valence-electron chi connectivity index (χ4n) is 1.65. The van der Waals surface area contributed by atoms with Crippen LogP contribution in [0, 0.1) is 0 Å². The molecule has 0 radical (unpaired) electrons. The Hall–Kier alpha value is -1.59. The zero-order valence-electron chi connectivity index (χ0n) is 11.8. The minimum atomic E-state index is -0.910. The van der Waals surface area contributed by atoms with E-state index in [-0.39, 0.29) is 5.78 Å². The standard InChI is InChI=1S/C14H20O5/c1-5-18-11-8-7-10(9-12(11)19-6-2)13(15)14(16-3)17-4/h7-9,14H,5-6H2,1-4H3. The summed E-state index contributed by atoms with van der Waals surface area (Å²) < 4.78 is 20.8. The lowest BCUT2D eigenvalue weighted by Crippen LogP contribution is -2.25. The molecule has 0 heterocycles. The highest BCUT2D eigenvalue weighted by atomic mass is 16.7. The van der Waals surface area contributed by atoms with Gasteiger partial charge in [0, 0.05) is 19.8 Å². The summed E-state index contributed by atoms with van der Waals surface area (Å²) in [6.45, 7) is 4.79. The van der Waals surface area contributed by atoms with Crippen molar-refractivity contribution in [2.75, 3.05) is 27.4 Å². The highest BCUT2D eigenvalue weighted by molar-refractivity contribution is 5.99. The molecule has 0 N–H and O–H groups in total. The first-order valence-electron chi connectivity index (χ1n) is 6.17. The van der Waals surface area contributed by atoms with E-state index >= 15 is 0 Å². The van der Waals surface area contributed by atoms with Crippen molar-refractivity contribution in [3.63, 3.8) is 0 Å². The fourth-order valence-corrected chi connectivity index (χ4v) is 1.65. The summed E-state index contributed by atoms with van der Waals surface area (Å²) in [4.78, 5) is 12.1. The highest BCUT2D eigenvalue weighted by Gasteiger charge is 2.20. The molecule has 0 aliphatic rings. The van der Waals surface area contributed by atoms with E-state index in [1.165, 1.54) is 14.2 Å². The molecule has 19 heavy (non-hydrogen) atoms. The molecular weight excluding hydrogens is 248 g/mol. The molecule has 0 aromatic heterocycles. The maximum absolute atomic E-state index is 12.1. The van der Waals surface area contributed by atoms with Crippen molar-refractivity contribution < 1.29 is 23.7 Å². The summed E-state index contributed by atoms with van der Waals surface area (Å²) in [7, 11) is 2.84. The molecule has 0 saturated heterocycles. The average Bonchev–Trinajstić information content (AvgIpc) is 2.42. The smallest absolute Gasteiger partial charge is 0.222 e. The normalized spacial score (nSPS) is 10.6. The van der Waals surface area contributed by atoms with Gasteiger partial charge in [-0.25, -0.2) is 0 Å². The van der Waals surface area contributed by atoms with Crippen molar-refractivity contribution in [1.29, 1.82) is 0 Å². The molecule has 5 heteroatoms. The van der Waals surface area contributed by atoms with Gasteiger partial charge < -0.3 is 18.9 Å². The number of ether oxygens (including phenoxy) is 4. The molecule has 0 spiro atoms. The van der Waals surface area contributed by atoms with Gasteiger partial charge in [0.15, 0.2) is 11.5 Å². The predicted molar refractivity (Wildman–Crippen MR) is 70.9 cm³/mol. The van der Waals surface area contributed by atoms with Crippen LogP contribution in [-0.4, -0.2) is 39.5 Å². The second kappa shape index (κ2) is 7.76. The highest BCUT2D eigenvalue weighted by Crippen LogP contribution is 2.29. The van der Waals surface area contributed by atoms with E-state index in [1.54, 1.807) is 18.2 Å². The Morgan fingerprint density at radius 1 is 1.05 bits per heavy atom. The zero-order chi connectivity index (χ0) is 14.3. The number of methoxy groups -OCH3 is 2. The molecule has 0 saturated carbocycles. The van der Waals surface area contributed by atoms with Crippen LogP contribution in [-0.2, 0) is 9.47 Å². The monoisotopic (exact) mass is 268 g/mol. The number of rotatable bonds is 8. The Bertz CT molecular complexity index is 412. The SMILES string of the molecule is CCOc1ccc(C(=O)C(OC)OC)cc1OCC. The number of hydrogen-bond donors (Lipinski definition) is 0. The summed E-state index contributed by atoms with van der Waals surface area (Å²) in [5, 5.41) is 0. The van der Waals surface area contributed by atoms with E-state index in [4.69, 9.17) is 18.9 Å². The lowest BCUT2D eigenvalue weighted by molar-refractivity contribution is -0.0742. The van der Waals surface area contributed by atoms with Crippen molar-refractivity contribution in [1.82, 2.24) is 0 Å². The number of ketones is 1. The molecule has 1 aromatic rings. The lowest BCUT2D eigenvalue weighted by atomic mass is 10.1. The Kier molecular flexibility index (Phi) is 6.32. The molecular formula is C14H20O5. The molecule has 1 aromatic carbocycles. The minimum Gasteiger partial charge on any atom is -0.490 e. The first-order chi connectivity index (χ1) is 9.17. The number of benzene rings is 1. The van der Waals surface area contributed by atoms with Gasteiger partial charge in [-0.1, -0.05) is 0 Å². The van der Waals surface area contributed by atoms with Crippen molar-refractivity contribution >= 4 is 5.78 Å². The van der Waals surface area contributed by atoms with E-state index < -0.39 is 6.29 Å². The molecule has 0 bridgehead atoms. The maximum atomic E-state index is 12.1. The third kappa shape index (κ3) is 3.94. The second-order valence-corrected chi connectivity index (χ2v) is 3.70. The van der Waals surface area contributed by atoms with Gasteiger partial charge in [-0.2, -0.15) is 0 Å². The minimum absolute atomic E-state index is 0.256. The van der Waals surface area contributed by atoms with Crippen molar-refractivity contribution in [3.8, 4) is 11.5 Å². The van der Waals surface area contributed by atoms with Crippen molar-refractivity contribution in [3.05, 3.63) is 23.8 Å². The van der Waals surface area contributed by atoms with Crippen LogP contribution in [0.4, 0.5) is 0 Å². The number of carbonyl (C=O) groups excluding carboxylic acids is 1. The summed E-state index contributed by atoms with van der Waals surface area (Å²) in [6, 6.07) is 5.02. The van der Waals surface area contributed by atoms with Gasteiger partial charge in [0.1, 0.15) is 0 Å². The zero-order valence-corrected chi connectivity index (χ0v) is 11.8. The van der Waals surface area contributed by atoms with Gasteiger partial charge in [0.2, 0.25) is 12.1 Å². The van der Waals surface area contributed by atoms with E-state index in [2.05, 4.69) is 0 Å². The van der Waals surface area contributed by atoms with E-state index in [1.807, 2.05) is 13.8 Å². The Labute approximate surface area is 113 Å². The number of Topliss-reactive ketones (excluding diaryl/α,β-unsaturated/α-hetero) is 1. The first kappa shape index (κ1) is 15.5. The average molecular weight is 268 g/mol. The van der Waals surface area contributed by atoms with Crippen LogP contribution < -0.4 is 9.47 Å². The Morgan fingerprint density at radius 3 is 2.16 bits per heavy atom. The van der Waals surface area contributed by atoms with Gasteiger partial charge >= 0.3 is 0 Å². The van der Waals surface area contributed by atoms with E-state index in [0.717, 1.165) is 0 Å². The largest absolute Gasteiger partial charge is 0.490 e. The van der Waals surface area contributed by atoms with Gasteiger partial charge in [0.25, 0.3) is 0 Å². The van der Waals surface area contributed by atoms with Crippen LogP contribution >= 0.6 is 0 Å². The quantitative estimate of drug-likeness (QED) is 0.535.